The van der Waals surface area contributed by atoms with Gasteiger partial charge in [0.25, 0.3) is 0 Å². The van der Waals surface area contributed by atoms with Crippen LogP contribution in [0.4, 0.5) is 18.2 Å². The van der Waals surface area contributed by atoms with Gasteiger partial charge in [0.15, 0.2) is 0 Å². The Morgan fingerprint density at radius 1 is 1.03 bits per heavy atom. The van der Waals surface area contributed by atoms with Crippen LogP contribution in [0.25, 0.3) is 0 Å². The molecule has 0 unspecified atom stereocenters. The van der Waals surface area contributed by atoms with Crippen molar-refractivity contribution in [3.8, 4) is 0 Å². The molecule has 0 N–H and O–H groups in total. The summed E-state index contributed by atoms with van der Waals surface area (Å²) < 4.78 is 39.0. The smallest absolute Gasteiger partial charge is 0.290 e. The molecule has 0 spiro atoms. The predicted molar refractivity (Wildman–Crippen MR) is 107 cm³/mol. The Morgan fingerprint density at radius 2 is 1.76 bits per heavy atom. The van der Waals surface area contributed by atoms with Crippen molar-refractivity contribution in [2.45, 2.75) is 25.8 Å². The molecule has 2 aromatic heterocycles. The number of pyridine rings is 1. The van der Waals surface area contributed by atoms with Crippen molar-refractivity contribution < 1.29 is 18.1 Å². The van der Waals surface area contributed by atoms with Crippen LogP contribution in [0, 0.1) is 10.1 Å². The highest BCUT2D eigenvalue weighted by atomic mass is 35.5. The Hall–Kier alpha value is -2.49. The van der Waals surface area contributed by atoms with Gasteiger partial charge in [-0.15, -0.1) is 12.4 Å². The fourth-order valence-corrected chi connectivity index (χ4v) is 3.65. The van der Waals surface area contributed by atoms with E-state index in [0.29, 0.717) is 18.7 Å². The molecule has 5 nitrogen and oxygen atoms in total. The van der Waals surface area contributed by atoms with Crippen molar-refractivity contribution in [1.82, 2.24) is 9.88 Å². The molecule has 0 amide bonds. The van der Waals surface area contributed by atoms with Gasteiger partial charge in [0.1, 0.15) is 0 Å². The SMILES string of the molecule is Cl.O=[N+]([O-])c1ccc(CN(Cc2cccnc2)Cc2cccc(C(F)(F)F)c2)s1. The number of alkyl halides is 3. The van der Waals surface area contributed by atoms with Gasteiger partial charge in [-0.3, -0.25) is 20.0 Å². The number of aromatic nitrogens is 1. The van der Waals surface area contributed by atoms with Crippen LogP contribution < -0.4 is 0 Å². The average Bonchev–Trinajstić information content (AvgIpc) is 3.11. The molecule has 2 heterocycles. The predicted octanol–water partition coefficient (Wildman–Crippen LogP) is 5.69. The van der Waals surface area contributed by atoms with E-state index in [9.17, 15) is 23.3 Å². The summed E-state index contributed by atoms with van der Waals surface area (Å²) in [5.74, 6) is 0. The van der Waals surface area contributed by atoms with Gasteiger partial charge in [0, 0.05) is 43.0 Å². The van der Waals surface area contributed by atoms with E-state index >= 15 is 0 Å². The number of hydrogen-bond acceptors (Lipinski definition) is 5. The Balaban J connectivity index is 0.00000300. The van der Waals surface area contributed by atoms with E-state index in [4.69, 9.17) is 0 Å². The molecule has 0 fully saturated rings. The van der Waals surface area contributed by atoms with Gasteiger partial charge in [0.05, 0.1) is 10.5 Å². The first-order chi connectivity index (χ1) is 13.3. The molecule has 0 radical (unpaired) electrons. The fourth-order valence-electron chi connectivity index (χ4n) is 2.79. The zero-order valence-electron chi connectivity index (χ0n) is 15.0. The Bertz CT molecular complexity index is 951. The van der Waals surface area contributed by atoms with Gasteiger partial charge in [-0.1, -0.05) is 35.6 Å². The fraction of sp³-hybridized carbons (Fsp3) is 0.211. The molecule has 10 heteroatoms. The van der Waals surface area contributed by atoms with Crippen LogP contribution in [0.2, 0.25) is 0 Å². The quantitative estimate of drug-likeness (QED) is 0.347. The minimum absolute atomic E-state index is 0. The summed E-state index contributed by atoms with van der Waals surface area (Å²) in [6.45, 7) is 1.10. The van der Waals surface area contributed by atoms with Gasteiger partial charge < -0.3 is 0 Å². The molecule has 0 aliphatic heterocycles. The lowest BCUT2D eigenvalue weighted by molar-refractivity contribution is -0.380. The molecular formula is C19H17ClF3N3O2S. The topological polar surface area (TPSA) is 59.3 Å². The Labute approximate surface area is 175 Å². The molecule has 0 aliphatic carbocycles. The highest BCUT2D eigenvalue weighted by molar-refractivity contribution is 7.15. The molecule has 0 saturated carbocycles. The van der Waals surface area contributed by atoms with Crippen LogP contribution in [0.15, 0.2) is 60.9 Å². The molecule has 154 valence electrons. The van der Waals surface area contributed by atoms with E-state index in [1.807, 2.05) is 11.0 Å². The number of nitro groups is 1. The monoisotopic (exact) mass is 443 g/mol. The molecule has 0 bridgehead atoms. The molecule has 0 aliphatic rings. The van der Waals surface area contributed by atoms with E-state index in [2.05, 4.69) is 4.98 Å². The number of thiophene rings is 1. The lowest BCUT2D eigenvalue weighted by atomic mass is 10.1. The van der Waals surface area contributed by atoms with E-state index in [1.165, 1.54) is 12.1 Å². The van der Waals surface area contributed by atoms with Crippen molar-refractivity contribution in [2.75, 3.05) is 0 Å². The van der Waals surface area contributed by atoms with Gasteiger partial charge in [-0.25, -0.2) is 0 Å². The van der Waals surface area contributed by atoms with E-state index < -0.39 is 16.7 Å². The minimum atomic E-state index is -4.40. The maximum atomic E-state index is 13.0. The summed E-state index contributed by atoms with van der Waals surface area (Å²) in [5.41, 5.74) is 0.725. The summed E-state index contributed by atoms with van der Waals surface area (Å²) in [7, 11) is 0. The molecule has 29 heavy (non-hydrogen) atoms. The maximum Gasteiger partial charge on any atom is 0.416 e. The van der Waals surface area contributed by atoms with Crippen LogP contribution in [-0.2, 0) is 25.8 Å². The summed E-state index contributed by atoms with van der Waals surface area (Å²) >= 11 is 1.06. The first kappa shape index (κ1) is 22.8. The second kappa shape index (κ2) is 9.82. The molecule has 3 rings (SSSR count). The maximum absolute atomic E-state index is 13.0. The normalized spacial score (nSPS) is 11.3. The van der Waals surface area contributed by atoms with Gasteiger partial charge in [-0.2, -0.15) is 13.2 Å². The third kappa shape index (κ3) is 6.52. The average molecular weight is 444 g/mol. The van der Waals surface area contributed by atoms with Crippen molar-refractivity contribution in [3.05, 3.63) is 92.6 Å². The van der Waals surface area contributed by atoms with Crippen LogP contribution >= 0.6 is 23.7 Å². The van der Waals surface area contributed by atoms with Crippen LogP contribution in [0.1, 0.15) is 21.6 Å². The Morgan fingerprint density at radius 3 is 2.38 bits per heavy atom. The zero-order valence-corrected chi connectivity index (χ0v) is 16.6. The number of benzene rings is 1. The standard InChI is InChI=1S/C19H16F3N3O2S.ClH/c20-19(21,22)16-5-1-3-14(9-16)11-24(12-15-4-2-8-23-10-15)13-17-6-7-18(28-17)25(26)27;/h1-10H,11-13H2;1H. The van der Waals surface area contributed by atoms with Crippen molar-refractivity contribution >= 4 is 28.7 Å². The van der Waals surface area contributed by atoms with E-state index in [1.54, 1.807) is 30.6 Å². The number of hydrogen-bond donors (Lipinski definition) is 0. The van der Waals surface area contributed by atoms with E-state index in [-0.39, 0.29) is 24.0 Å². The first-order valence-electron chi connectivity index (χ1n) is 8.32. The van der Waals surface area contributed by atoms with Gasteiger partial charge >= 0.3 is 11.2 Å². The van der Waals surface area contributed by atoms with Crippen molar-refractivity contribution in [2.24, 2.45) is 0 Å². The summed E-state index contributed by atoms with van der Waals surface area (Å²) in [4.78, 5) is 17.2. The highest BCUT2D eigenvalue weighted by Crippen LogP contribution is 2.30. The van der Waals surface area contributed by atoms with Crippen LogP contribution in [0.5, 0.6) is 0 Å². The molecule has 3 aromatic rings. The highest BCUT2D eigenvalue weighted by Gasteiger charge is 2.30. The molecule has 1 aromatic carbocycles. The minimum Gasteiger partial charge on any atom is -0.290 e. The number of nitrogens with zero attached hydrogens (tertiary/aromatic N) is 3. The molecule has 0 atom stereocenters. The van der Waals surface area contributed by atoms with Crippen LogP contribution in [-0.4, -0.2) is 14.8 Å². The van der Waals surface area contributed by atoms with Crippen LogP contribution in [0.3, 0.4) is 0 Å². The number of rotatable bonds is 7. The summed E-state index contributed by atoms with van der Waals surface area (Å²) in [6.07, 6.45) is -1.07. The van der Waals surface area contributed by atoms with Gasteiger partial charge in [0.2, 0.25) is 0 Å². The lowest BCUT2D eigenvalue weighted by Crippen LogP contribution is -2.22. The second-order valence-corrected chi connectivity index (χ2v) is 7.35. The largest absolute Gasteiger partial charge is 0.416 e. The third-order valence-corrected chi connectivity index (χ3v) is 5.02. The Kier molecular flexibility index (Phi) is 7.72. The summed E-state index contributed by atoms with van der Waals surface area (Å²) in [5, 5.41) is 10.9. The molecular weight excluding hydrogens is 427 g/mol. The number of halogens is 4. The first-order valence-corrected chi connectivity index (χ1v) is 9.13. The second-order valence-electron chi connectivity index (χ2n) is 6.20. The van der Waals surface area contributed by atoms with Crippen molar-refractivity contribution in [3.63, 3.8) is 0 Å². The molecule has 0 saturated heterocycles. The third-order valence-electron chi connectivity index (χ3n) is 4.00. The van der Waals surface area contributed by atoms with Crippen molar-refractivity contribution in [1.29, 1.82) is 0 Å². The lowest BCUT2D eigenvalue weighted by Gasteiger charge is -2.22. The summed E-state index contributed by atoms with van der Waals surface area (Å²) in [6, 6.07) is 12.0. The van der Waals surface area contributed by atoms with E-state index in [0.717, 1.165) is 33.9 Å². The van der Waals surface area contributed by atoms with Gasteiger partial charge in [-0.05, 0) is 29.3 Å². The zero-order chi connectivity index (χ0) is 20.1.